The Labute approximate surface area is 127 Å². The van der Waals surface area contributed by atoms with Crippen LogP contribution in [0.2, 0.25) is 0 Å². The zero-order chi connectivity index (χ0) is 15.7. The molecular formula is C15H24N2O3S. The standard InChI is InChI=1S/C15H24N2O3S/c1-2-3-4-5-6-7-11-15(18)17-13-9-8-10-14(12-13)21(16,19)20/h8-10,12H,2-7,11H2,1H3,(H,17,18)(H2,16,19,20). The number of unbranched alkanes of at least 4 members (excludes halogenated alkanes) is 5. The summed E-state index contributed by atoms with van der Waals surface area (Å²) in [4.78, 5) is 11.8. The SMILES string of the molecule is CCCCCCCCC(=O)Nc1cccc(S(N)(=O)=O)c1. The molecule has 0 saturated carbocycles. The molecule has 1 rings (SSSR count). The van der Waals surface area contributed by atoms with Gasteiger partial charge in [-0.25, -0.2) is 13.6 Å². The van der Waals surface area contributed by atoms with E-state index in [9.17, 15) is 13.2 Å². The maximum absolute atomic E-state index is 11.8. The van der Waals surface area contributed by atoms with Gasteiger partial charge in [-0.15, -0.1) is 0 Å². The molecule has 0 spiro atoms. The first-order valence-electron chi connectivity index (χ1n) is 7.36. The number of hydrogen-bond acceptors (Lipinski definition) is 3. The van der Waals surface area contributed by atoms with Crippen LogP contribution in [0.25, 0.3) is 0 Å². The van der Waals surface area contributed by atoms with Crippen LogP contribution in [0.4, 0.5) is 5.69 Å². The first-order chi connectivity index (χ1) is 9.93. The third-order valence-electron chi connectivity index (χ3n) is 3.20. The Kier molecular flexibility index (Phi) is 7.39. The van der Waals surface area contributed by atoms with E-state index in [2.05, 4.69) is 12.2 Å². The number of amides is 1. The van der Waals surface area contributed by atoms with Crippen molar-refractivity contribution in [2.75, 3.05) is 5.32 Å². The smallest absolute Gasteiger partial charge is 0.238 e. The first-order valence-corrected chi connectivity index (χ1v) is 8.91. The fraction of sp³-hybridized carbons (Fsp3) is 0.533. The highest BCUT2D eigenvalue weighted by atomic mass is 32.2. The van der Waals surface area contributed by atoms with Crippen LogP contribution in [0.1, 0.15) is 51.9 Å². The normalized spacial score (nSPS) is 11.3. The molecule has 0 aromatic heterocycles. The lowest BCUT2D eigenvalue weighted by Crippen LogP contribution is -2.14. The third kappa shape index (κ3) is 7.24. The molecule has 5 nitrogen and oxygen atoms in total. The van der Waals surface area contributed by atoms with Crippen LogP contribution in [-0.4, -0.2) is 14.3 Å². The maximum atomic E-state index is 11.8. The molecule has 0 fully saturated rings. The fourth-order valence-corrected chi connectivity index (χ4v) is 2.60. The molecule has 0 radical (unpaired) electrons. The summed E-state index contributed by atoms with van der Waals surface area (Å²) in [6, 6.07) is 5.97. The second-order valence-corrected chi connectivity index (χ2v) is 6.70. The molecule has 0 bridgehead atoms. The lowest BCUT2D eigenvalue weighted by atomic mass is 10.1. The molecule has 1 aromatic carbocycles. The van der Waals surface area contributed by atoms with Crippen molar-refractivity contribution < 1.29 is 13.2 Å². The van der Waals surface area contributed by atoms with Gasteiger partial charge in [-0.3, -0.25) is 4.79 Å². The average molecular weight is 312 g/mol. The summed E-state index contributed by atoms with van der Waals surface area (Å²) in [5.41, 5.74) is 0.456. The van der Waals surface area contributed by atoms with E-state index in [-0.39, 0.29) is 10.8 Å². The maximum Gasteiger partial charge on any atom is 0.238 e. The Bertz CT molecular complexity index is 556. The predicted molar refractivity (Wildman–Crippen MR) is 84.4 cm³/mol. The van der Waals surface area contributed by atoms with E-state index < -0.39 is 10.0 Å². The Hall–Kier alpha value is -1.40. The molecule has 6 heteroatoms. The molecule has 1 aromatic rings. The van der Waals surface area contributed by atoms with Gasteiger partial charge in [-0.05, 0) is 24.6 Å². The second kappa shape index (κ2) is 8.79. The van der Waals surface area contributed by atoms with Gasteiger partial charge in [-0.1, -0.05) is 45.1 Å². The Morgan fingerprint density at radius 3 is 2.48 bits per heavy atom. The summed E-state index contributed by atoms with van der Waals surface area (Å²) in [6.07, 6.45) is 7.17. The topological polar surface area (TPSA) is 89.3 Å². The number of primary sulfonamides is 1. The molecular weight excluding hydrogens is 288 g/mol. The highest BCUT2D eigenvalue weighted by Gasteiger charge is 2.09. The Balaban J connectivity index is 2.38. The van der Waals surface area contributed by atoms with E-state index in [0.29, 0.717) is 12.1 Å². The summed E-state index contributed by atoms with van der Waals surface area (Å²) in [5.74, 6) is -0.0999. The van der Waals surface area contributed by atoms with Gasteiger partial charge in [0, 0.05) is 12.1 Å². The van der Waals surface area contributed by atoms with Crippen molar-refractivity contribution in [1.29, 1.82) is 0 Å². The fourth-order valence-electron chi connectivity index (χ4n) is 2.04. The molecule has 0 aliphatic carbocycles. The number of anilines is 1. The summed E-state index contributed by atoms with van der Waals surface area (Å²) >= 11 is 0. The summed E-state index contributed by atoms with van der Waals surface area (Å²) in [7, 11) is -3.74. The predicted octanol–water partition coefficient (Wildman–Crippen LogP) is 3.02. The van der Waals surface area contributed by atoms with Gasteiger partial charge in [0.2, 0.25) is 15.9 Å². The van der Waals surface area contributed by atoms with Crippen molar-refractivity contribution >= 4 is 21.6 Å². The molecule has 0 heterocycles. The molecule has 1 amide bonds. The Morgan fingerprint density at radius 1 is 1.14 bits per heavy atom. The molecule has 0 unspecified atom stereocenters. The molecule has 0 aliphatic rings. The van der Waals surface area contributed by atoms with E-state index in [1.807, 2.05) is 0 Å². The molecule has 21 heavy (non-hydrogen) atoms. The lowest BCUT2D eigenvalue weighted by molar-refractivity contribution is -0.116. The number of benzene rings is 1. The summed E-state index contributed by atoms with van der Waals surface area (Å²) in [5, 5.41) is 7.75. The third-order valence-corrected chi connectivity index (χ3v) is 4.11. The minimum Gasteiger partial charge on any atom is -0.326 e. The number of carbonyl (C=O) groups is 1. The number of carbonyl (C=O) groups excluding carboxylic acids is 1. The van der Waals surface area contributed by atoms with Crippen LogP contribution in [0.3, 0.4) is 0 Å². The molecule has 3 N–H and O–H groups in total. The van der Waals surface area contributed by atoms with E-state index in [0.717, 1.165) is 19.3 Å². The zero-order valence-electron chi connectivity index (χ0n) is 12.5. The van der Waals surface area contributed by atoms with Crippen molar-refractivity contribution in [2.45, 2.75) is 56.8 Å². The zero-order valence-corrected chi connectivity index (χ0v) is 13.3. The van der Waals surface area contributed by atoms with Crippen molar-refractivity contribution in [3.63, 3.8) is 0 Å². The van der Waals surface area contributed by atoms with Crippen LogP contribution in [0, 0.1) is 0 Å². The van der Waals surface area contributed by atoms with Gasteiger partial charge in [0.05, 0.1) is 4.90 Å². The van der Waals surface area contributed by atoms with Crippen LogP contribution >= 0.6 is 0 Å². The van der Waals surface area contributed by atoms with Gasteiger partial charge in [0.25, 0.3) is 0 Å². The molecule has 0 aliphatic heterocycles. The van der Waals surface area contributed by atoms with Gasteiger partial charge in [0.1, 0.15) is 0 Å². The highest BCUT2D eigenvalue weighted by molar-refractivity contribution is 7.89. The first kappa shape index (κ1) is 17.7. The van der Waals surface area contributed by atoms with Crippen LogP contribution < -0.4 is 10.5 Å². The van der Waals surface area contributed by atoms with Gasteiger partial charge in [0.15, 0.2) is 0 Å². The molecule has 118 valence electrons. The highest BCUT2D eigenvalue weighted by Crippen LogP contribution is 2.15. The van der Waals surface area contributed by atoms with Gasteiger partial charge in [-0.2, -0.15) is 0 Å². The lowest BCUT2D eigenvalue weighted by Gasteiger charge is -2.06. The van der Waals surface area contributed by atoms with Crippen LogP contribution in [0.15, 0.2) is 29.2 Å². The number of rotatable bonds is 9. The van der Waals surface area contributed by atoms with E-state index in [4.69, 9.17) is 5.14 Å². The van der Waals surface area contributed by atoms with Gasteiger partial charge < -0.3 is 5.32 Å². The van der Waals surface area contributed by atoms with Crippen molar-refractivity contribution in [3.8, 4) is 0 Å². The second-order valence-electron chi connectivity index (χ2n) is 5.14. The quantitative estimate of drug-likeness (QED) is 0.687. The molecule has 0 atom stereocenters. The van der Waals surface area contributed by atoms with Crippen molar-refractivity contribution in [1.82, 2.24) is 0 Å². The monoisotopic (exact) mass is 312 g/mol. The largest absolute Gasteiger partial charge is 0.326 e. The van der Waals surface area contributed by atoms with E-state index >= 15 is 0 Å². The van der Waals surface area contributed by atoms with E-state index in [1.165, 1.54) is 31.4 Å². The van der Waals surface area contributed by atoms with E-state index in [1.54, 1.807) is 12.1 Å². The number of nitrogens with two attached hydrogens (primary N) is 1. The van der Waals surface area contributed by atoms with Gasteiger partial charge >= 0.3 is 0 Å². The van der Waals surface area contributed by atoms with Crippen molar-refractivity contribution in [3.05, 3.63) is 24.3 Å². The number of sulfonamides is 1. The van der Waals surface area contributed by atoms with Crippen LogP contribution in [0.5, 0.6) is 0 Å². The minimum absolute atomic E-state index is 0.000124. The molecule has 0 saturated heterocycles. The average Bonchev–Trinajstić information content (AvgIpc) is 2.42. The Morgan fingerprint density at radius 2 is 1.81 bits per heavy atom. The van der Waals surface area contributed by atoms with Crippen LogP contribution in [-0.2, 0) is 14.8 Å². The minimum atomic E-state index is -3.74. The number of nitrogens with one attached hydrogen (secondary N) is 1. The number of hydrogen-bond donors (Lipinski definition) is 2. The van der Waals surface area contributed by atoms with Crippen molar-refractivity contribution in [2.24, 2.45) is 5.14 Å². The summed E-state index contributed by atoms with van der Waals surface area (Å²) < 4.78 is 22.5. The summed E-state index contributed by atoms with van der Waals surface area (Å²) in [6.45, 7) is 2.17.